The van der Waals surface area contributed by atoms with Crippen molar-refractivity contribution >= 4 is 6.03 Å². The van der Waals surface area contributed by atoms with Crippen LogP contribution in [0.2, 0.25) is 0 Å². The van der Waals surface area contributed by atoms with Crippen LogP contribution in [0.15, 0.2) is 24.3 Å². The molecule has 0 spiro atoms. The van der Waals surface area contributed by atoms with Gasteiger partial charge in [0.1, 0.15) is 12.4 Å². The number of ether oxygens (including phenoxy) is 1. The van der Waals surface area contributed by atoms with Gasteiger partial charge in [0.2, 0.25) is 0 Å². The minimum Gasteiger partial charge on any atom is -0.491 e. The van der Waals surface area contributed by atoms with Gasteiger partial charge in [0.25, 0.3) is 0 Å². The number of hydrogen-bond acceptors (Lipinski definition) is 2. The molecule has 2 rings (SSSR count). The summed E-state index contributed by atoms with van der Waals surface area (Å²) in [6, 6.07) is 8.32. The average molecular weight is 290 g/mol. The third kappa shape index (κ3) is 4.66. The molecular weight excluding hydrogens is 264 g/mol. The Hall–Kier alpha value is -1.71. The van der Waals surface area contributed by atoms with Gasteiger partial charge in [-0.2, -0.15) is 0 Å². The van der Waals surface area contributed by atoms with E-state index < -0.39 is 0 Å². The predicted octanol–water partition coefficient (Wildman–Crippen LogP) is 3.35. The smallest absolute Gasteiger partial charge is 0.317 e. The molecule has 116 valence electrons. The van der Waals surface area contributed by atoms with Crippen molar-refractivity contribution in [3.63, 3.8) is 0 Å². The molecule has 1 aromatic rings. The molecule has 0 aliphatic heterocycles. The van der Waals surface area contributed by atoms with Crippen LogP contribution in [0.1, 0.15) is 37.7 Å². The maximum atomic E-state index is 12.1. The second kappa shape index (κ2) is 7.91. The fourth-order valence-electron chi connectivity index (χ4n) is 2.80. The van der Waals surface area contributed by atoms with Crippen LogP contribution in [0, 0.1) is 6.92 Å². The van der Waals surface area contributed by atoms with E-state index in [4.69, 9.17) is 4.74 Å². The third-order valence-electron chi connectivity index (χ3n) is 4.17. The van der Waals surface area contributed by atoms with Crippen LogP contribution in [-0.2, 0) is 0 Å². The summed E-state index contributed by atoms with van der Waals surface area (Å²) in [6.45, 7) is 3.05. The number of nitrogens with one attached hydrogen (secondary N) is 1. The molecule has 1 fully saturated rings. The van der Waals surface area contributed by atoms with Crippen molar-refractivity contribution in [2.24, 2.45) is 0 Å². The summed E-state index contributed by atoms with van der Waals surface area (Å²) in [5, 5.41) is 2.93. The van der Waals surface area contributed by atoms with Crippen LogP contribution in [0.4, 0.5) is 4.79 Å². The molecule has 0 unspecified atom stereocenters. The van der Waals surface area contributed by atoms with Crippen molar-refractivity contribution in [3.8, 4) is 5.75 Å². The van der Waals surface area contributed by atoms with E-state index in [1.54, 1.807) is 0 Å². The standard InChI is InChI=1S/C17H26N2O2/c1-14-8-6-7-11-16(14)21-13-12-18-17(20)19(2)15-9-4-3-5-10-15/h6-8,11,15H,3-5,9-10,12-13H2,1-2H3,(H,18,20). The first kappa shape index (κ1) is 15.7. The molecule has 0 heterocycles. The molecule has 1 N–H and O–H groups in total. The van der Waals surface area contributed by atoms with Gasteiger partial charge in [0.05, 0.1) is 6.54 Å². The van der Waals surface area contributed by atoms with Crippen LogP contribution in [0.5, 0.6) is 5.75 Å². The number of benzene rings is 1. The molecule has 21 heavy (non-hydrogen) atoms. The van der Waals surface area contributed by atoms with Gasteiger partial charge < -0.3 is 15.0 Å². The Labute approximate surface area is 127 Å². The molecule has 0 bridgehead atoms. The quantitative estimate of drug-likeness (QED) is 0.845. The minimum absolute atomic E-state index is 0.00952. The Balaban J connectivity index is 1.68. The van der Waals surface area contributed by atoms with Crippen molar-refractivity contribution < 1.29 is 9.53 Å². The van der Waals surface area contributed by atoms with E-state index >= 15 is 0 Å². The van der Waals surface area contributed by atoms with Crippen molar-refractivity contribution in [1.82, 2.24) is 10.2 Å². The topological polar surface area (TPSA) is 41.6 Å². The number of para-hydroxylation sites is 1. The van der Waals surface area contributed by atoms with Gasteiger partial charge in [0, 0.05) is 13.1 Å². The number of carbonyl (C=O) groups is 1. The molecule has 1 saturated carbocycles. The second-order valence-corrected chi connectivity index (χ2v) is 5.75. The lowest BCUT2D eigenvalue weighted by Gasteiger charge is -2.31. The van der Waals surface area contributed by atoms with Crippen molar-refractivity contribution in [2.45, 2.75) is 45.1 Å². The van der Waals surface area contributed by atoms with Crippen LogP contribution in [0.3, 0.4) is 0 Å². The van der Waals surface area contributed by atoms with Crippen LogP contribution in [-0.4, -0.2) is 37.2 Å². The molecule has 1 aromatic carbocycles. The maximum Gasteiger partial charge on any atom is 0.317 e. The fourth-order valence-corrected chi connectivity index (χ4v) is 2.80. The number of nitrogens with zero attached hydrogens (tertiary/aromatic N) is 1. The number of urea groups is 1. The number of aryl methyl sites for hydroxylation is 1. The van der Waals surface area contributed by atoms with Crippen LogP contribution in [0.25, 0.3) is 0 Å². The van der Waals surface area contributed by atoms with Crippen molar-refractivity contribution in [3.05, 3.63) is 29.8 Å². The summed E-state index contributed by atoms with van der Waals surface area (Å²) < 4.78 is 5.68. The molecule has 0 atom stereocenters. The highest BCUT2D eigenvalue weighted by molar-refractivity contribution is 5.74. The number of hydrogen-bond donors (Lipinski definition) is 1. The van der Waals surface area contributed by atoms with E-state index in [2.05, 4.69) is 5.32 Å². The molecule has 0 radical (unpaired) electrons. The monoisotopic (exact) mass is 290 g/mol. The van der Waals surface area contributed by atoms with Gasteiger partial charge in [-0.25, -0.2) is 4.79 Å². The summed E-state index contributed by atoms with van der Waals surface area (Å²) in [5.41, 5.74) is 1.11. The molecular formula is C17H26N2O2. The minimum atomic E-state index is 0.00952. The fraction of sp³-hybridized carbons (Fsp3) is 0.588. The Bertz CT molecular complexity index is 456. The summed E-state index contributed by atoms with van der Waals surface area (Å²) in [5.74, 6) is 0.882. The number of carbonyl (C=O) groups excluding carboxylic acids is 1. The highest BCUT2D eigenvalue weighted by Crippen LogP contribution is 2.21. The van der Waals surface area contributed by atoms with Crippen LogP contribution >= 0.6 is 0 Å². The average Bonchev–Trinajstić information content (AvgIpc) is 2.53. The van der Waals surface area contributed by atoms with E-state index in [9.17, 15) is 4.79 Å². The maximum absolute atomic E-state index is 12.1. The first-order chi connectivity index (χ1) is 10.2. The Kier molecular flexibility index (Phi) is 5.90. The first-order valence-corrected chi connectivity index (χ1v) is 7.87. The Morgan fingerprint density at radius 3 is 2.71 bits per heavy atom. The lowest BCUT2D eigenvalue weighted by atomic mass is 9.95. The zero-order valence-electron chi connectivity index (χ0n) is 13.1. The normalized spacial score (nSPS) is 15.5. The first-order valence-electron chi connectivity index (χ1n) is 7.87. The molecule has 2 amide bonds. The summed E-state index contributed by atoms with van der Waals surface area (Å²) >= 11 is 0. The number of amides is 2. The van der Waals surface area contributed by atoms with Gasteiger partial charge >= 0.3 is 6.03 Å². The van der Waals surface area contributed by atoms with E-state index in [-0.39, 0.29) is 6.03 Å². The lowest BCUT2D eigenvalue weighted by Crippen LogP contribution is -2.45. The van der Waals surface area contributed by atoms with E-state index in [0.29, 0.717) is 19.2 Å². The van der Waals surface area contributed by atoms with Gasteiger partial charge in [-0.3, -0.25) is 0 Å². The molecule has 0 aromatic heterocycles. The summed E-state index contributed by atoms with van der Waals surface area (Å²) in [4.78, 5) is 13.9. The Morgan fingerprint density at radius 1 is 1.29 bits per heavy atom. The van der Waals surface area contributed by atoms with Gasteiger partial charge in [0.15, 0.2) is 0 Å². The zero-order chi connectivity index (χ0) is 15.1. The molecule has 4 heteroatoms. The molecule has 1 aliphatic rings. The SMILES string of the molecule is Cc1ccccc1OCCNC(=O)N(C)C1CCCCC1. The zero-order valence-corrected chi connectivity index (χ0v) is 13.1. The van der Waals surface area contributed by atoms with Crippen LogP contribution < -0.4 is 10.1 Å². The van der Waals surface area contributed by atoms with Gasteiger partial charge in [-0.1, -0.05) is 37.5 Å². The predicted molar refractivity (Wildman–Crippen MR) is 84.7 cm³/mol. The van der Waals surface area contributed by atoms with Crippen molar-refractivity contribution in [2.75, 3.05) is 20.2 Å². The Morgan fingerprint density at radius 2 is 2.00 bits per heavy atom. The van der Waals surface area contributed by atoms with E-state index in [1.165, 1.54) is 19.3 Å². The second-order valence-electron chi connectivity index (χ2n) is 5.75. The largest absolute Gasteiger partial charge is 0.491 e. The molecule has 1 aliphatic carbocycles. The summed E-state index contributed by atoms with van der Waals surface area (Å²) in [7, 11) is 1.90. The van der Waals surface area contributed by atoms with Gasteiger partial charge in [-0.15, -0.1) is 0 Å². The van der Waals surface area contributed by atoms with Gasteiger partial charge in [-0.05, 0) is 31.4 Å². The van der Waals surface area contributed by atoms with Crippen molar-refractivity contribution in [1.29, 1.82) is 0 Å². The summed E-state index contributed by atoms with van der Waals surface area (Å²) in [6.07, 6.45) is 6.03. The molecule has 0 saturated heterocycles. The highest BCUT2D eigenvalue weighted by atomic mass is 16.5. The lowest BCUT2D eigenvalue weighted by molar-refractivity contribution is 0.171. The van der Waals surface area contributed by atoms with E-state index in [1.807, 2.05) is 43.1 Å². The van der Waals surface area contributed by atoms with E-state index in [0.717, 1.165) is 24.2 Å². The highest BCUT2D eigenvalue weighted by Gasteiger charge is 2.21. The molecule has 4 nitrogen and oxygen atoms in total. The number of rotatable bonds is 5. The third-order valence-corrected chi connectivity index (χ3v) is 4.17.